The van der Waals surface area contributed by atoms with Gasteiger partial charge in [-0.05, 0) is 19.9 Å². The first-order chi connectivity index (χ1) is 7.15. The molecule has 0 aliphatic carbocycles. The van der Waals surface area contributed by atoms with Crippen molar-refractivity contribution in [2.45, 2.75) is 19.9 Å². The maximum absolute atomic E-state index is 11.7. The molecule has 0 spiro atoms. The first-order valence-corrected chi connectivity index (χ1v) is 5.07. The lowest BCUT2D eigenvalue weighted by molar-refractivity contribution is -0.130. The quantitative estimate of drug-likeness (QED) is 0.744. The average Bonchev–Trinajstić information content (AvgIpc) is 2.61. The fourth-order valence-electron chi connectivity index (χ4n) is 1.29. The number of amides is 1. The van der Waals surface area contributed by atoms with Crippen LogP contribution in [0.2, 0.25) is 0 Å². The van der Waals surface area contributed by atoms with Crippen LogP contribution in [0, 0.1) is 6.92 Å². The number of carbonyl (C=O) groups is 1. The Morgan fingerprint density at radius 2 is 2.40 bits per heavy atom. The van der Waals surface area contributed by atoms with Gasteiger partial charge in [0.2, 0.25) is 5.91 Å². The van der Waals surface area contributed by atoms with Gasteiger partial charge in [0.25, 0.3) is 0 Å². The molecule has 0 bridgehead atoms. The van der Waals surface area contributed by atoms with Crippen molar-refractivity contribution in [3.05, 3.63) is 18.2 Å². The predicted octanol–water partition coefficient (Wildman–Crippen LogP) is -0.00128. The lowest BCUT2D eigenvalue weighted by Crippen LogP contribution is -2.32. The minimum Gasteiger partial charge on any atom is -0.344 e. The van der Waals surface area contributed by atoms with Crippen LogP contribution < -0.4 is 5.73 Å². The van der Waals surface area contributed by atoms with Gasteiger partial charge in [-0.25, -0.2) is 4.98 Å². The Morgan fingerprint density at radius 3 is 2.93 bits per heavy atom. The topological polar surface area (TPSA) is 64.2 Å². The number of rotatable bonds is 5. The smallest absolute Gasteiger partial charge is 0.242 e. The minimum atomic E-state index is 0.0875. The second-order valence-electron chi connectivity index (χ2n) is 3.56. The molecule has 0 fully saturated rings. The molecule has 0 saturated heterocycles. The third kappa shape index (κ3) is 3.36. The molecule has 0 radical (unpaired) electrons. The zero-order valence-electron chi connectivity index (χ0n) is 9.31. The van der Waals surface area contributed by atoms with Crippen LogP contribution in [0.4, 0.5) is 0 Å². The van der Waals surface area contributed by atoms with Gasteiger partial charge in [-0.1, -0.05) is 0 Å². The van der Waals surface area contributed by atoms with E-state index >= 15 is 0 Å². The molecule has 1 aromatic rings. The van der Waals surface area contributed by atoms with E-state index in [1.807, 2.05) is 17.7 Å². The molecule has 1 aromatic heterocycles. The van der Waals surface area contributed by atoms with E-state index < -0.39 is 0 Å². The summed E-state index contributed by atoms with van der Waals surface area (Å²) in [5.74, 6) is 0.945. The summed E-state index contributed by atoms with van der Waals surface area (Å²) in [6, 6.07) is 0. The third-order valence-electron chi connectivity index (χ3n) is 2.35. The van der Waals surface area contributed by atoms with E-state index in [1.165, 1.54) is 0 Å². The van der Waals surface area contributed by atoms with E-state index in [1.54, 1.807) is 18.1 Å². The molecule has 84 valence electrons. The summed E-state index contributed by atoms with van der Waals surface area (Å²) in [5.41, 5.74) is 5.38. The van der Waals surface area contributed by atoms with Gasteiger partial charge in [0.05, 0.1) is 0 Å². The number of aromatic nitrogens is 2. The van der Waals surface area contributed by atoms with E-state index in [4.69, 9.17) is 5.73 Å². The minimum absolute atomic E-state index is 0.0875. The molecule has 0 saturated carbocycles. The molecule has 15 heavy (non-hydrogen) atoms. The standard InChI is InChI=1S/C10H18N4O/c1-9-12-5-7-14(9)8-10(15)13(2)6-3-4-11/h5,7H,3-4,6,8,11H2,1-2H3. The van der Waals surface area contributed by atoms with Crippen molar-refractivity contribution in [3.8, 4) is 0 Å². The highest BCUT2D eigenvalue weighted by Gasteiger charge is 2.09. The summed E-state index contributed by atoms with van der Waals surface area (Å²) in [5, 5.41) is 0. The van der Waals surface area contributed by atoms with Gasteiger partial charge in [0, 0.05) is 26.0 Å². The Morgan fingerprint density at radius 1 is 1.67 bits per heavy atom. The fourth-order valence-corrected chi connectivity index (χ4v) is 1.29. The van der Waals surface area contributed by atoms with Crippen LogP contribution in [0.3, 0.4) is 0 Å². The molecular formula is C10H18N4O. The summed E-state index contributed by atoms with van der Waals surface area (Å²) in [7, 11) is 1.80. The molecule has 1 rings (SSSR count). The molecule has 0 atom stereocenters. The number of nitrogens with two attached hydrogens (primary N) is 1. The zero-order chi connectivity index (χ0) is 11.3. The Labute approximate surface area is 89.9 Å². The van der Waals surface area contributed by atoms with Crippen molar-refractivity contribution >= 4 is 5.91 Å². The molecule has 5 nitrogen and oxygen atoms in total. The second kappa shape index (κ2) is 5.50. The molecule has 5 heteroatoms. The molecule has 0 aromatic carbocycles. The second-order valence-corrected chi connectivity index (χ2v) is 3.56. The number of nitrogens with zero attached hydrogens (tertiary/aromatic N) is 3. The van der Waals surface area contributed by atoms with Crippen LogP contribution >= 0.6 is 0 Å². The maximum Gasteiger partial charge on any atom is 0.242 e. The number of carbonyl (C=O) groups excluding carboxylic acids is 1. The van der Waals surface area contributed by atoms with Crippen LogP contribution in [0.15, 0.2) is 12.4 Å². The summed E-state index contributed by atoms with van der Waals surface area (Å²) in [6.07, 6.45) is 4.34. The highest BCUT2D eigenvalue weighted by atomic mass is 16.2. The van der Waals surface area contributed by atoms with E-state index in [2.05, 4.69) is 4.98 Å². The fraction of sp³-hybridized carbons (Fsp3) is 0.600. The summed E-state index contributed by atoms with van der Waals surface area (Å²) in [4.78, 5) is 17.5. The first-order valence-electron chi connectivity index (χ1n) is 5.07. The van der Waals surface area contributed by atoms with Crippen LogP contribution in [0.25, 0.3) is 0 Å². The molecular weight excluding hydrogens is 192 g/mol. The van der Waals surface area contributed by atoms with Gasteiger partial charge < -0.3 is 15.2 Å². The third-order valence-corrected chi connectivity index (χ3v) is 2.35. The van der Waals surface area contributed by atoms with Crippen LogP contribution in [0.1, 0.15) is 12.2 Å². The van der Waals surface area contributed by atoms with Crippen molar-refractivity contribution < 1.29 is 4.79 Å². The lowest BCUT2D eigenvalue weighted by atomic mass is 10.4. The first kappa shape index (κ1) is 11.7. The number of hydrogen-bond acceptors (Lipinski definition) is 3. The Kier molecular flexibility index (Phi) is 4.30. The molecule has 0 aliphatic rings. The van der Waals surface area contributed by atoms with Gasteiger partial charge in [0.1, 0.15) is 12.4 Å². The average molecular weight is 210 g/mol. The summed E-state index contributed by atoms with van der Waals surface area (Å²) < 4.78 is 1.83. The predicted molar refractivity (Wildman–Crippen MR) is 58.3 cm³/mol. The normalized spacial score (nSPS) is 10.3. The molecule has 1 heterocycles. The highest BCUT2D eigenvalue weighted by Crippen LogP contribution is 1.97. The number of imidazole rings is 1. The monoisotopic (exact) mass is 210 g/mol. The van der Waals surface area contributed by atoms with Gasteiger partial charge >= 0.3 is 0 Å². The van der Waals surface area contributed by atoms with Crippen molar-refractivity contribution in [2.75, 3.05) is 20.1 Å². The van der Waals surface area contributed by atoms with E-state index in [9.17, 15) is 4.79 Å². The Hall–Kier alpha value is -1.36. The van der Waals surface area contributed by atoms with Crippen molar-refractivity contribution in [1.29, 1.82) is 0 Å². The van der Waals surface area contributed by atoms with Crippen LogP contribution in [-0.4, -0.2) is 40.5 Å². The van der Waals surface area contributed by atoms with Crippen LogP contribution in [-0.2, 0) is 11.3 Å². The Balaban J connectivity index is 2.45. The number of aryl methyl sites for hydroxylation is 1. The molecule has 1 amide bonds. The zero-order valence-corrected chi connectivity index (χ0v) is 9.31. The highest BCUT2D eigenvalue weighted by molar-refractivity contribution is 5.75. The van der Waals surface area contributed by atoms with Gasteiger partial charge in [-0.3, -0.25) is 4.79 Å². The van der Waals surface area contributed by atoms with Gasteiger partial charge in [-0.2, -0.15) is 0 Å². The number of likely N-dealkylation sites (N-methyl/N-ethyl adjacent to an activating group) is 1. The van der Waals surface area contributed by atoms with E-state index in [-0.39, 0.29) is 5.91 Å². The molecule has 0 aliphatic heterocycles. The van der Waals surface area contributed by atoms with Gasteiger partial charge in [0.15, 0.2) is 0 Å². The largest absolute Gasteiger partial charge is 0.344 e. The maximum atomic E-state index is 11.7. The van der Waals surface area contributed by atoms with Crippen molar-refractivity contribution in [1.82, 2.24) is 14.5 Å². The summed E-state index contributed by atoms with van der Waals surface area (Å²) >= 11 is 0. The van der Waals surface area contributed by atoms with Crippen molar-refractivity contribution in [3.63, 3.8) is 0 Å². The summed E-state index contributed by atoms with van der Waals surface area (Å²) in [6.45, 7) is 3.56. The number of hydrogen-bond donors (Lipinski definition) is 1. The van der Waals surface area contributed by atoms with Crippen molar-refractivity contribution in [2.24, 2.45) is 5.73 Å². The van der Waals surface area contributed by atoms with E-state index in [0.29, 0.717) is 19.6 Å². The SMILES string of the molecule is Cc1nccn1CC(=O)N(C)CCCN. The molecule has 2 N–H and O–H groups in total. The lowest BCUT2D eigenvalue weighted by Gasteiger charge is -2.17. The van der Waals surface area contributed by atoms with Gasteiger partial charge in [-0.15, -0.1) is 0 Å². The molecule has 0 unspecified atom stereocenters. The van der Waals surface area contributed by atoms with Crippen LogP contribution in [0.5, 0.6) is 0 Å². The van der Waals surface area contributed by atoms with E-state index in [0.717, 1.165) is 12.2 Å². The Bertz CT molecular complexity index is 321.